The van der Waals surface area contributed by atoms with Gasteiger partial charge in [-0.3, -0.25) is 4.98 Å². The number of allylic oxidation sites excluding steroid dienone is 2. The first-order chi connectivity index (χ1) is 13.3. The van der Waals surface area contributed by atoms with Crippen LogP contribution in [0, 0.1) is 0 Å². The molecule has 136 valence electrons. The lowest BCUT2D eigenvalue weighted by atomic mass is 10.0. The molecule has 2 aromatic heterocycles. The summed E-state index contributed by atoms with van der Waals surface area (Å²) in [6.45, 7) is 2.76. The van der Waals surface area contributed by atoms with Crippen LogP contribution in [0.5, 0.6) is 0 Å². The Kier molecular flexibility index (Phi) is 4.80. The summed E-state index contributed by atoms with van der Waals surface area (Å²) in [5.74, 6) is 0.754. The predicted molar refractivity (Wildman–Crippen MR) is 106 cm³/mol. The number of rotatable bonds is 5. The van der Waals surface area contributed by atoms with E-state index in [-0.39, 0.29) is 12.6 Å². The highest BCUT2D eigenvalue weighted by molar-refractivity contribution is 5.75. The number of aromatic nitrogens is 4. The van der Waals surface area contributed by atoms with Gasteiger partial charge in [-0.25, -0.2) is 0 Å². The number of pyridine rings is 1. The van der Waals surface area contributed by atoms with E-state index in [0.29, 0.717) is 0 Å². The van der Waals surface area contributed by atoms with Gasteiger partial charge >= 0.3 is 0 Å². The van der Waals surface area contributed by atoms with Crippen molar-refractivity contribution in [3.63, 3.8) is 0 Å². The molecule has 0 amide bonds. The van der Waals surface area contributed by atoms with Crippen molar-refractivity contribution < 1.29 is 5.11 Å². The smallest absolute Gasteiger partial charge is 0.164 e. The Balaban J connectivity index is 1.62. The molecule has 1 atom stereocenters. The van der Waals surface area contributed by atoms with Crippen LogP contribution in [0.1, 0.15) is 18.5 Å². The molecule has 0 spiro atoms. The Morgan fingerprint density at radius 3 is 2.81 bits per heavy atom. The fourth-order valence-corrected chi connectivity index (χ4v) is 3.17. The van der Waals surface area contributed by atoms with Gasteiger partial charge in [0, 0.05) is 36.4 Å². The molecule has 3 heterocycles. The average Bonchev–Trinajstić information content (AvgIpc) is 3.24. The van der Waals surface area contributed by atoms with Crippen molar-refractivity contribution in [3.05, 3.63) is 79.0 Å². The molecule has 1 aliphatic rings. The molecular weight excluding hydrogens is 338 g/mol. The third-order valence-electron chi connectivity index (χ3n) is 4.70. The fourth-order valence-electron chi connectivity index (χ4n) is 3.17. The van der Waals surface area contributed by atoms with Crippen molar-refractivity contribution >= 4 is 11.3 Å². The van der Waals surface area contributed by atoms with Crippen LogP contribution in [0.25, 0.3) is 17.0 Å². The molecule has 0 saturated carbocycles. The van der Waals surface area contributed by atoms with Gasteiger partial charge in [0.2, 0.25) is 0 Å². The van der Waals surface area contributed by atoms with Crippen LogP contribution in [-0.4, -0.2) is 38.0 Å². The Bertz CT molecular complexity index is 977. The van der Waals surface area contributed by atoms with Gasteiger partial charge in [0.05, 0.1) is 12.6 Å². The maximum Gasteiger partial charge on any atom is 0.164 e. The number of benzene rings is 1. The van der Waals surface area contributed by atoms with Crippen molar-refractivity contribution in [2.24, 2.45) is 0 Å². The summed E-state index contributed by atoms with van der Waals surface area (Å²) < 4.78 is 1.90. The zero-order valence-electron chi connectivity index (χ0n) is 15.1. The second kappa shape index (κ2) is 7.55. The molecule has 0 unspecified atom stereocenters. The van der Waals surface area contributed by atoms with Crippen molar-refractivity contribution in [1.29, 1.82) is 0 Å². The second-order valence-electron chi connectivity index (χ2n) is 6.54. The highest BCUT2D eigenvalue weighted by atomic mass is 16.3. The van der Waals surface area contributed by atoms with Gasteiger partial charge in [-0.2, -0.15) is 0 Å². The van der Waals surface area contributed by atoms with Crippen LogP contribution in [0.4, 0.5) is 5.69 Å². The minimum absolute atomic E-state index is 0.0414. The molecule has 4 rings (SSSR count). The Morgan fingerprint density at radius 1 is 1.15 bits per heavy atom. The molecule has 1 aliphatic heterocycles. The van der Waals surface area contributed by atoms with E-state index in [9.17, 15) is 5.11 Å². The third kappa shape index (κ3) is 3.52. The minimum Gasteiger partial charge on any atom is -0.394 e. The van der Waals surface area contributed by atoms with Crippen molar-refractivity contribution in [3.8, 4) is 11.4 Å². The van der Waals surface area contributed by atoms with E-state index in [0.717, 1.165) is 23.6 Å². The summed E-state index contributed by atoms with van der Waals surface area (Å²) in [5.41, 5.74) is 4.46. The quantitative estimate of drug-likeness (QED) is 0.757. The van der Waals surface area contributed by atoms with E-state index in [4.69, 9.17) is 0 Å². The van der Waals surface area contributed by atoms with Crippen LogP contribution in [0.3, 0.4) is 0 Å². The third-order valence-corrected chi connectivity index (χ3v) is 4.70. The van der Waals surface area contributed by atoms with Crippen LogP contribution in [0.2, 0.25) is 0 Å². The Morgan fingerprint density at radius 2 is 2.00 bits per heavy atom. The summed E-state index contributed by atoms with van der Waals surface area (Å²) in [4.78, 5) is 6.30. The number of hydrogen-bond acceptors (Lipinski definition) is 5. The molecule has 0 radical (unpaired) electrons. The van der Waals surface area contributed by atoms with Gasteiger partial charge in [0.1, 0.15) is 6.33 Å². The van der Waals surface area contributed by atoms with E-state index >= 15 is 0 Å². The summed E-state index contributed by atoms with van der Waals surface area (Å²) in [6, 6.07) is 12.2. The topological polar surface area (TPSA) is 67.1 Å². The monoisotopic (exact) mass is 359 g/mol. The number of aliphatic hydroxyl groups excluding tert-OH is 1. The van der Waals surface area contributed by atoms with Crippen molar-refractivity contribution in [1.82, 2.24) is 19.7 Å². The lowest BCUT2D eigenvalue weighted by Gasteiger charge is -2.25. The Labute approximate surface area is 158 Å². The van der Waals surface area contributed by atoms with E-state index in [2.05, 4.69) is 50.6 Å². The first kappa shape index (κ1) is 17.2. The molecule has 0 saturated heterocycles. The zero-order chi connectivity index (χ0) is 18.6. The highest BCUT2D eigenvalue weighted by Crippen LogP contribution is 2.28. The van der Waals surface area contributed by atoms with Crippen LogP contribution in [-0.2, 0) is 0 Å². The maximum absolute atomic E-state index is 9.47. The molecule has 0 fully saturated rings. The van der Waals surface area contributed by atoms with Crippen LogP contribution >= 0.6 is 0 Å². The number of nitrogens with zero attached hydrogens (tertiary/aromatic N) is 5. The average molecular weight is 359 g/mol. The molecule has 6 nitrogen and oxygen atoms in total. The summed E-state index contributed by atoms with van der Waals surface area (Å²) in [5, 5.41) is 17.7. The van der Waals surface area contributed by atoms with Gasteiger partial charge in [0.15, 0.2) is 5.82 Å². The Hall–Kier alpha value is -3.25. The highest BCUT2D eigenvalue weighted by Gasteiger charge is 2.15. The van der Waals surface area contributed by atoms with Gasteiger partial charge in [-0.15, -0.1) is 10.2 Å². The van der Waals surface area contributed by atoms with Gasteiger partial charge in [-0.1, -0.05) is 18.2 Å². The number of hydrogen-bond donors (Lipinski definition) is 1. The van der Waals surface area contributed by atoms with Crippen LogP contribution < -0.4 is 4.90 Å². The summed E-state index contributed by atoms with van der Waals surface area (Å²) >= 11 is 0. The van der Waals surface area contributed by atoms with E-state index in [1.165, 1.54) is 11.1 Å². The second-order valence-corrected chi connectivity index (χ2v) is 6.54. The molecule has 1 N–H and O–H groups in total. The maximum atomic E-state index is 9.47. The van der Waals surface area contributed by atoms with Crippen molar-refractivity contribution in [2.75, 3.05) is 18.1 Å². The molecule has 27 heavy (non-hydrogen) atoms. The molecule has 3 aromatic rings. The summed E-state index contributed by atoms with van der Waals surface area (Å²) in [7, 11) is 0. The first-order valence-electron chi connectivity index (χ1n) is 8.91. The van der Waals surface area contributed by atoms with Crippen LogP contribution in [0.15, 0.2) is 73.5 Å². The van der Waals surface area contributed by atoms with E-state index in [1.54, 1.807) is 6.33 Å². The fraction of sp³-hybridized carbons (Fsp3) is 0.190. The first-order valence-corrected chi connectivity index (χ1v) is 8.91. The molecular formula is C21H21N5O. The molecule has 1 aromatic carbocycles. The lowest BCUT2D eigenvalue weighted by Crippen LogP contribution is -2.20. The van der Waals surface area contributed by atoms with E-state index in [1.807, 2.05) is 48.1 Å². The SMILES string of the molecule is C[C@H](CO)n1cnnc1-c1cccc(N2C=CC=C(c3ccncc3)C2)c1. The normalized spacial score (nSPS) is 14.9. The van der Waals surface area contributed by atoms with Gasteiger partial charge in [-0.05, 0) is 48.4 Å². The largest absolute Gasteiger partial charge is 0.394 e. The minimum atomic E-state index is -0.0743. The van der Waals surface area contributed by atoms with E-state index < -0.39 is 0 Å². The standard InChI is InChI=1S/C21H21N5O/c1-16(14-27)26-15-23-24-21(26)18-4-2-6-20(12-18)25-11-3-5-19(13-25)17-7-9-22-10-8-17/h2-12,15-16,27H,13-14H2,1H3/t16-/m1/s1. The molecule has 0 bridgehead atoms. The predicted octanol–water partition coefficient (Wildman–Crippen LogP) is 3.31. The lowest BCUT2D eigenvalue weighted by molar-refractivity contribution is 0.239. The number of anilines is 1. The van der Waals surface area contributed by atoms with Gasteiger partial charge in [0.25, 0.3) is 0 Å². The van der Waals surface area contributed by atoms with Gasteiger partial charge < -0.3 is 14.6 Å². The summed E-state index contributed by atoms with van der Waals surface area (Å²) in [6.07, 6.45) is 11.6. The van der Waals surface area contributed by atoms with Crippen molar-refractivity contribution in [2.45, 2.75) is 13.0 Å². The number of aliphatic hydroxyl groups is 1. The zero-order valence-corrected chi connectivity index (χ0v) is 15.1. The molecule has 0 aliphatic carbocycles. The molecule has 6 heteroatoms.